The van der Waals surface area contributed by atoms with Gasteiger partial charge in [0.25, 0.3) is 0 Å². The highest BCUT2D eigenvalue weighted by molar-refractivity contribution is 5.77. The molecule has 1 saturated heterocycles. The maximum atomic E-state index is 13.0. The molecule has 2 bridgehead atoms. The minimum atomic E-state index is -0.227. The maximum absolute atomic E-state index is 13.0. The van der Waals surface area contributed by atoms with Crippen molar-refractivity contribution < 1.29 is 9.53 Å². The van der Waals surface area contributed by atoms with Crippen LogP contribution in [0.25, 0.3) is 0 Å². The predicted octanol–water partition coefficient (Wildman–Crippen LogP) is 5.13. The van der Waals surface area contributed by atoms with Gasteiger partial charge in [0.1, 0.15) is 5.60 Å². The van der Waals surface area contributed by atoms with Gasteiger partial charge in [-0.1, -0.05) is 32.4 Å². The van der Waals surface area contributed by atoms with E-state index in [4.69, 9.17) is 4.74 Å². The molecule has 0 amide bonds. The zero-order chi connectivity index (χ0) is 16.6. The first-order valence-corrected chi connectivity index (χ1v) is 9.59. The first-order valence-electron chi connectivity index (χ1n) is 9.59. The average Bonchev–Trinajstić information content (AvgIpc) is 2.69. The van der Waals surface area contributed by atoms with Crippen molar-refractivity contribution in [3.05, 3.63) is 11.6 Å². The molecular weight excluding hydrogens is 284 g/mol. The van der Waals surface area contributed by atoms with E-state index >= 15 is 0 Å². The van der Waals surface area contributed by atoms with Crippen molar-refractivity contribution in [2.45, 2.75) is 78.7 Å². The van der Waals surface area contributed by atoms with E-state index in [0.717, 1.165) is 6.42 Å². The van der Waals surface area contributed by atoms with E-state index in [-0.39, 0.29) is 28.3 Å². The Hall–Kier alpha value is -0.790. The van der Waals surface area contributed by atoms with Crippen molar-refractivity contribution in [2.24, 2.45) is 34.5 Å². The summed E-state index contributed by atoms with van der Waals surface area (Å²) in [4.78, 5) is 13.0. The minimum Gasteiger partial charge on any atom is -0.459 e. The van der Waals surface area contributed by atoms with E-state index in [1.807, 2.05) is 0 Å². The molecule has 0 aromatic heterocycles. The second-order valence-corrected chi connectivity index (χ2v) is 9.96. The first kappa shape index (κ1) is 15.7. The second-order valence-electron chi connectivity index (χ2n) is 9.96. The molecule has 23 heavy (non-hydrogen) atoms. The number of carbonyl (C=O) groups is 1. The Balaban J connectivity index is 1.90. The lowest BCUT2D eigenvalue weighted by Gasteiger charge is -2.56. The van der Waals surface area contributed by atoms with Crippen molar-refractivity contribution in [1.29, 1.82) is 0 Å². The fourth-order valence-corrected chi connectivity index (χ4v) is 7.20. The molecule has 2 heteroatoms. The molecule has 0 aromatic rings. The van der Waals surface area contributed by atoms with Crippen molar-refractivity contribution >= 4 is 5.97 Å². The Kier molecular flexibility index (Phi) is 3.17. The molecule has 0 aromatic carbocycles. The molecule has 3 aliphatic carbocycles. The van der Waals surface area contributed by atoms with Crippen LogP contribution in [0.3, 0.4) is 0 Å². The molecule has 0 spiro atoms. The van der Waals surface area contributed by atoms with Crippen LogP contribution in [0.2, 0.25) is 0 Å². The van der Waals surface area contributed by atoms with Gasteiger partial charge in [-0.25, -0.2) is 0 Å². The molecule has 128 valence electrons. The van der Waals surface area contributed by atoms with Crippen molar-refractivity contribution in [3.63, 3.8) is 0 Å². The number of ether oxygens (including phenoxy) is 1. The van der Waals surface area contributed by atoms with Gasteiger partial charge in [0.2, 0.25) is 0 Å². The summed E-state index contributed by atoms with van der Waals surface area (Å²) < 4.78 is 6.11. The summed E-state index contributed by atoms with van der Waals surface area (Å²) in [5.41, 5.74) is 1.68. The third-order valence-corrected chi connectivity index (χ3v) is 8.29. The number of esters is 1. The lowest BCUT2D eigenvalue weighted by atomic mass is 9.46. The fourth-order valence-electron chi connectivity index (χ4n) is 7.20. The Morgan fingerprint density at radius 1 is 1.13 bits per heavy atom. The summed E-state index contributed by atoms with van der Waals surface area (Å²) >= 11 is 0. The lowest BCUT2D eigenvalue weighted by molar-refractivity contribution is -0.153. The van der Waals surface area contributed by atoms with Crippen LogP contribution in [-0.2, 0) is 9.53 Å². The molecule has 0 N–H and O–H groups in total. The molecule has 0 unspecified atom stereocenters. The highest BCUT2D eigenvalue weighted by Gasteiger charge is 2.66. The van der Waals surface area contributed by atoms with Crippen LogP contribution in [0.4, 0.5) is 0 Å². The van der Waals surface area contributed by atoms with Crippen molar-refractivity contribution in [2.75, 3.05) is 0 Å². The van der Waals surface area contributed by atoms with Gasteiger partial charge < -0.3 is 4.74 Å². The molecule has 6 atom stereocenters. The molecule has 3 fully saturated rings. The first-order chi connectivity index (χ1) is 10.7. The van der Waals surface area contributed by atoms with Gasteiger partial charge in [0, 0.05) is 5.92 Å². The molecule has 0 radical (unpaired) electrons. The third-order valence-electron chi connectivity index (χ3n) is 8.29. The van der Waals surface area contributed by atoms with Gasteiger partial charge in [-0.05, 0) is 75.0 Å². The largest absolute Gasteiger partial charge is 0.459 e. The second kappa shape index (κ2) is 4.64. The van der Waals surface area contributed by atoms with Gasteiger partial charge in [-0.15, -0.1) is 0 Å². The standard InChI is InChI=1S/C21H32O2/c1-13-7-8-14-9-12-20(4)10-6-11-21(5)17(20)15(18(22)23-21)16(13)19(14,2)3/h7,14-17H,6,8-12H2,1-5H3/t14-,15-,16+,17+,20+,21+/m1/s1. The summed E-state index contributed by atoms with van der Waals surface area (Å²) in [5.74, 6) is 1.62. The normalized spacial score (nSPS) is 51.2. The SMILES string of the molecule is CC1=CC[C@@H]2CC[C@]3(C)CCC[C@]4(C)OC(=O)[C@H]([C@H]1C2(C)C)[C@@H]34. The van der Waals surface area contributed by atoms with Crippen LogP contribution in [0.15, 0.2) is 11.6 Å². The van der Waals surface area contributed by atoms with E-state index in [1.165, 1.54) is 37.7 Å². The number of fused-ring (bicyclic) bond motifs is 3. The quantitative estimate of drug-likeness (QED) is 0.457. The molecular formula is C21H32O2. The zero-order valence-electron chi connectivity index (χ0n) is 15.4. The number of rotatable bonds is 0. The average molecular weight is 316 g/mol. The lowest BCUT2D eigenvalue weighted by Crippen LogP contribution is -2.54. The third kappa shape index (κ3) is 1.96. The maximum Gasteiger partial charge on any atom is 0.310 e. The van der Waals surface area contributed by atoms with E-state index in [0.29, 0.717) is 17.8 Å². The molecule has 4 aliphatic rings. The van der Waals surface area contributed by atoms with E-state index in [9.17, 15) is 4.79 Å². The highest BCUT2D eigenvalue weighted by Crippen LogP contribution is 2.65. The number of hydrogen-bond donors (Lipinski definition) is 0. The monoisotopic (exact) mass is 316 g/mol. The van der Waals surface area contributed by atoms with Gasteiger partial charge in [-0.3, -0.25) is 4.79 Å². The van der Waals surface area contributed by atoms with Crippen LogP contribution >= 0.6 is 0 Å². The number of allylic oxidation sites excluding steroid dienone is 2. The molecule has 1 aliphatic heterocycles. The van der Waals surface area contributed by atoms with E-state index in [1.54, 1.807) is 0 Å². The predicted molar refractivity (Wildman–Crippen MR) is 91.8 cm³/mol. The Morgan fingerprint density at radius 2 is 1.87 bits per heavy atom. The highest BCUT2D eigenvalue weighted by atomic mass is 16.6. The van der Waals surface area contributed by atoms with E-state index < -0.39 is 0 Å². The van der Waals surface area contributed by atoms with Gasteiger partial charge in [0.05, 0.1) is 5.92 Å². The summed E-state index contributed by atoms with van der Waals surface area (Å²) in [7, 11) is 0. The van der Waals surface area contributed by atoms with Gasteiger partial charge in [-0.2, -0.15) is 0 Å². The summed E-state index contributed by atoms with van der Waals surface area (Å²) in [6.07, 6.45) is 9.70. The Labute approximate surface area is 141 Å². The Morgan fingerprint density at radius 3 is 2.61 bits per heavy atom. The molecule has 2 saturated carbocycles. The summed E-state index contributed by atoms with van der Waals surface area (Å²) in [6, 6.07) is 0. The topological polar surface area (TPSA) is 26.3 Å². The van der Waals surface area contributed by atoms with Crippen LogP contribution in [0.1, 0.15) is 73.1 Å². The zero-order valence-corrected chi connectivity index (χ0v) is 15.4. The van der Waals surface area contributed by atoms with Crippen LogP contribution in [0, 0.1) is 34.5 Å². The fraction of sp³-hybridized carbons (Fsp3) is 0.857. The molecule has 2 nitrogen and oxygen atoms in total. The smallest absolute Gasteiger partial charge is 0.310 e. The van der Waals surface area contributed by atoms with Gasteiger partial charge in [0.15, 0.2) is 0 Å². The summed E-state index contributed by atoms with van der Waals surface area (Å²) in [6.45, 7) is 11.8. The number of carbonyl (C=O) groups excluding carboxylic acids is 1. The van der Waals surface area contributed by atoms with Gasteiger partial charge >= 0.3 is 5.97 Å². The minimum absolute atomic E-state index is 0.0691. The van der Waals surface area contributed by atoms with Crippen molar-refractivity contribution in [1.82, 2.24) is 0 Å². The van der Waals surface area contributed by atoms with Crippen molar-refractivity contribution in [3.8, 4) is 0 Å². The Bertz CT molecular complexity index is 574. The summed E-state index contributed by atoms with van der Waals surface area (Å²) in [5, 5.41) is 0. The van der Waals surface area contributed by atoms with Crippen LogP contribution in [-0.4, -0.2) is 11.6 Å². The van der Waals surface area contributed by atoms with E-state index in [2.05, 4.69) is 40.7 Å². The molecule has 4 rings (SSSR count). The number of hydrogen-bond acceptors (Lipinski definition) is 2. The molecule has 1 heterocycles. The van der Waals surface area contributed by atoms with Crippen LogP contribution in [0.5, 0.6) is 0 Å². The van der Waals surface area contributed by atoms with Crippen LogP contribution < -0.4 is 0 Å².